The largest absolute Gasteiger partial charge is 0.352 e. The van der Waals surface area contributed by atoms with Gasteiger partial charge in [-0.25, -0.2) is 8.78 Å². The van der Waals surface area contributed by atoms with E-state index in [9.17, 15) is 18.4 Å². The zero-order chi connectivity index (χ0) is 32.6. The van der Waals surface area contributed by atoms with Gasteiger partial charge in [-0.2, -0.15) is 0 Å². The molecule has 1 aliphatic rings. The fourth-order valence-electron chi connectivity index (χ4n) is 6.26. The van der Waals surface area contributed by atoms with Gasteiger partial charge in [0.15, 0.2) is 5.78 Å². The van der Waals surface area contributed by atoms with Gasteiger partial charge in [-0.1, -0.05) is 84.9 Å². The summed E-state index contributed by atoms with van der Waals surface area (Å²) in [7, 11) is 0. The van der Waals surface area contributed by atoms with Crippen LogP contribution in [0.25, 0.3) is 22.3 Å². The van der Waals surface area contributed by atoms with Crippen molar-refractivity contribution in [3.63, 3.8) is 0 Å². The molecule has 7 heteroatoms. The second-order valence-electron chi connectivity index (χ2n) is 12.1. The van der Waals surface area contributed by atoms with Crippen LogP contribution >= 0.6 is 0 Å². The van der Waals surface area contributed by atoms with Crippen molar-refractivity contribution in [3.8, 4) is 22.3 Å². The smallest absolute Gasteiger partial charge is 0.251 e. The third-order valence-electron chi connectivity index (χ3n) is 8.71. The molecule has 5 aromatic carbocycles. The molecular weight excluding hydrogens is 592 g/mol. The van der Waals surface area contributed by atoms with Gasteiger partial charge in [0.2, 0.25) is 0 Å². The molecule has 1 amide bonds. The average Bonchev–Trinajstić information content (AvgIpc) is 3.49. The summed E-state index contributed by atoms with van der Waals surface area (Å²) in [5, 5.41) is 6.53. The molecular formula is C40H37F2N3O2. The van der Waals surface area contributed by atoms with E-state index in [0.29, 0.717) is 24.2 Å². The molecule has 0 aromatic heterocycles. The van der Waals surface area contributed by atoms with Crippen LogP contribution in [0.4, 0.5) is 8.78 Å². The fourth-order valence-corrected chi connectivity index (χ4v) is 6.26. The Balaban J connectivity index is 1.15. The molecule has 0 bridgehead atoms. The third kappa shape index (κ3) is 8.44. The molecule has 0 aliphatic carbocycles. The predicted molar refractivity (Wildman–Crippen MR) is 182 cm³/mol. The summed E-state index contributed by atoms with van der Waals surface area (Å²) in [4.78, 5) is 28.7. The average molecular weight is 630 g/mol. The molecule has 1 saturated heterocycles. The molecule has 5 nitrogen and oxygen atoms in total. The van der Waals surface area contributed by atoms with Crippen molar-refractivity contribution in [2.75, 3.05) is 26.2 Å². The number of carbonyl (C=O) groups excluding carboxylic acids is 2. The van der Waals surface area contributed by atoms with E-state index in [1.807, 2.05) is 66.7 Å². The summed E-state index contributed by atoms with van der Waals surface area (Å²) in [5.74, 6) is -0.603. The number of nitrogens with one attached hydrogen (secondary N) is 2. The summed E-state index contributed by atoms with van der Waals surface area (Å²) in [5.41, 5.74) is 5.47. The van der Waals surface area contributed by atoms with Crippen molar-refractivity contribution >= 4 is 11.7 Å². The number of Topliss-reactive ketones (excluding diaryl/α,β-unsaturated/α-hetero) is 1. The van der Waals surface area contributed by atoms with E-state index in [1.54, 1.807) is 24.3 Å². The van der Waals surface area contributed by atoms with Crippen LogP contribution in [-0.2, 0) is 6.54 Å². The number of ketones is 1. The number of benzene rings is 5. The molecule has 238 valence electrons. The molecule has 0 spiro atoms. The van der Waals surface area contributed by atoms with Crippen LogP contribution < -0.4 is 10.6 Å². The molecule has 0 radical (unpaired) electrons. The topological polar surface area (TPSA) is 61.4 Å². The predicted octanol–water partition coefficient (Wildman–Crippen LogP) is 7.39. The second-order valence-corrected chi connectivity index (χ2v) is 12.1. The van der Waals surface area contributed by atoms with Crippen molar-refractivity contribution in [2.24, 2.45) is 5.92 Å². The van der Waals surface area contributed by atoms with Crippen molar-refractivity contribution in [1.29, 1.82) is 0 Å². The van der Waals surface area contributed by atoms with Gasteiger partial charge in [-0.15, -0.1) is 0 Å². The van der Waals surface area contributed by atoms with Crippen LogP contribution in [-0.4, -0.2) is 48.8 Å². The SMILES string of the molecule is O=C(CNC[C@@H]1C[C@@H](CNC(=O)c2cc(-c3ccc(F)cc3)cc(-c3ccc(F)cc3)c2)CN1Cc1ccccc1)c1ccccc1. The van der Waals surface area contributed by atoms with Gasteiger partial charge in [0, 0.05) is 43.3 Å². The molecule has 0 unspecified atom stereocenters. The van der Waals surface area contributed by atoms with Crippen LogP contribution in [0.15, 0.2) is 127 Å². The highest BCUT2D eigenvalue weighted by atomic mass is 19.1. The van der Waals surface area contributed by atoms with Crippen molar-refractivity contribution in [3.05, 3.63) is 156 Å². The van der Waals surface area contributed by atoms with E-state index < -0.39 is 0 Å². The lowest BCUT2D eigenvalue weighted by atomic mass is 9.95. The normalized spacial score (nSPS) is 16.2. The molecule has 0 saturated carbocycles. The lowest BCUT2D eigenvalue weighted by Gasteiger charge is -2.24. The third-order valence-corrected chi connectivity index (χ3v) is 8.71. The van der Waals surface area contributed by atoms with Gasteiger partial charge in [-0.3, -0.25) is 14.5 Å². The first-order chi connectivity index (χ1) is 22.9. The van der Waals surface area contributed by atoms with E-state index in [4.69, 9.17) is 0 Å². The van der Waals surface area contributed by atoms with E-state index in [-0.39, 0.29) is 41.8 Å². The number of nitrogens with zero attached hydrogens (tertiary/aromatic N) is 1. The first-order valence-electron chi connectivity index (χ1n) is 15.9. The Morgan fingerprint density at radius 3 is 1.83 bits per heavy atom. The van der Waals surface area contributed by atoms with Crippen LogP contribution in [0.1, 0.15) is 32.7 Å². The highest BCUT2D eigenvalue weighted by Crippen LogP contribution is 2.30. The monoisotopic (exact) mass is 629 g/mol. The number of hydrogen-bond acceptors (Lipinski definition) is 4. The van der Waals surface area contributed by atoms with Crippen molar-refractivity contribution in [2.45, 2.75) is 19.0 Å². The Kier molecular flexibility index (Phi) is 10.3. The lowest BCUT2D eigenvalue weighted by Crippen LogP contribution is -2.39. The minimum atomic E-state index is -0.337. The minimum absolute atomic E-state index is 0.0601. The molecule has 5 aromatic rings. The molecule has 6 rings (SSSR count). The van der Waals surface area contributed by atoms with Gasteiger partial charge < -0.3 is 10.6 Å². The number of carbonyl (C=O) groups is 2. The van der Waals surface area contributed by atoms with E-state index in [1.165, 1.54) is 29.8 Å². The first-order valence-corrected chi connectivity index (χ1v) is 15.9. The number of halogens is 2. The Bertz CT molecular complexity index is 1730. The summed E-state index contributed by atoms with van der Waals surface area (Å²) >= 11 is 0. The van der Waals surface area contributed by atoms with Gasteiger partial charge in [0.1, 0.15) is 11.6 Å². The van der Waals surface area contributed by atoms with E-state index in [2.05, 4.69) is 27.7 Å². The van der Waals surface area contributed by atoms with Gasteiger partial charge in [0.05, 0.1) is 6.54 Å². The molecule has 1 aliphatic heterocycles. The fraction of sp³-hybridized carbons (Fsp3) is 0.200. The molecule has 1 heterocycles. The highest BCUT2D eigenvalue weighted by molar-refractivity contribution is 5.98. The lowest BCUT2D eigenvalue weighted by molar-refractivity contribution is 0.0946. The van der Waals surface area contributed by atoms with Crippen molar-refractivity contribution in [1.82, 2.24) is 15.5 Å². The Morgan fingerprint density at radius 1 is 0.660 bits per heavy atom. The number of hydrogen-bond donors (Lipinski definition) is 2. The van der Waals surface area contributed by atoms with E-state index >= 15 is 0 Å². The Hall–Kier alpha value is -4.98. The maximum absolute atomic E-state index is 13.7. The maximum Gasteiger partial charge on any atom is 0.251 e. The zero-order valence-electron chi connectivity index (χ0n) is 26.0. The van der Waals surface area contributed by atoms with Crippen LogP contribution in [0, 0.1) is 17.6 Å². The standard InChI is InChI=1S/C40H37F2N3O2/c41-36-15-11-30(12-16-36)33-20-34(31-13-17-37(42)18-14-31)22-35(21-33)40(47)44-23-29-19-38(45(27-29)26-28-7-3-1-4-8-28)24-43-25-39(46)32-9-5-2-6-10-32/h1-18,20-22,29,38,43H,19,23-27H2,(H,44,47)/t29-,38-/m0/s1. The molecule has 1 fully saturated rings. The van der Waals surface area contributed by atoms with Crippen molar-refractivity contribution < 1.29 is 18.4 Å². The maximum atomic E-state index is 13.7. The molecule has 2 N–H and O–H groups in total. The van der Waals surface area contributed by atoms with Gasteiger partial charge in [-0.05, 0) is 82.6 Å². The summed E-state index contributed by atoms with van der Waals surface area (Å²) < 4.78 is 27.3. The Morgan fingerprint density at radius 2 is 1.23 bits per heavy atom. The van der Waals surface area contributed by atoms with Crippen LogP contribution in [0.5, 0.6) is 0 Å². The summed E-state index contributed by atoms with van der Waals surface area (Å²) in [6.45, 7) is 3.02. The summed E-state index contributed by atoms with van der Waals surface area (Å²) in [6, 6.07) is 37.7. The minimum Gasteiger partial charge on any atom is -0.352 e. The number of likely N-dealkylation sites (tertiary alicyclic amines) is 1. The zero-order valence-corrected chi connectivity index (χ0v) is 26.0. The number of amides is 1. The van der Waals surface area contributed by atoms with Gasteiger partial charge in [0.25, 0.3) is 5.91 Å². The quantitative estimate of drug-likeness (QED) is 0.141. The van der Waals surface area contributed by atoms with Crippen LogP contribution in [0.2, 0.25) is 0 Å². The van der Waals surface area contributed by atoms with Gasteiger partial charge >= 0.3 is 0 Å². The Labute approximate surface area is 274 Å². The van der Waals surface area contributed by atoms with E-state index in [0.717, 1.165) is 41.8 Å². The number of rotatable bonds is 12. The second kappa shape index (κ2) is 15.1. The first kappa shape index (κ1) is 32.0. The van der Waals surface area contributed by atoms with Crippen LogP contribution in [0.3, 0.4) is 0 Å². The summed E-state index contributed by atoms with van der Waals surface area (Å²) in [6.07, 6.45) is 0.871. The molecule has 47 heavy (non-hydrogen) atoms. The molecule has 2 atom stereocenters. The highest BCUT2D eigenvalue weighted by Gasteiger charge is 2.32.